The van der Waals surface area contributed by atoms with Gasteiger partial charge in [0.25, 0.3) is 5.91 Å². The molecule has 0 aromatic carbocycles. The van der Waals surface area contributed by atoms with Gasteiger partial charge in [0.1, 0.15) is 17.8 Å². The highest BCUT2D eigenvalue weighted by molar-refractivity contribution is 5.97. The highest BCUT2D eigenvalue weighted by atomic mass is 16.2. The minimum Gasteiger partial charge on any atom is -0.354 e. The molecule has 2 saturated heterocycles. The van der Waals surface area contributed by atoms with Crippen molar-refractivity contribution < 1.29 is 19.2 Å². The van der Waals surface area contributed by atoms with Gasteiger partial charge in [-0.2, -0.15) is 0 Å². The van der Waals surface area contributed by atoms with E-state index in [1.54, 1.807) is 0 Å². The number of piperidine rings is 1. The van der Waals surface area contributed by atoms with E-state index in [0.717, 1.165) is 6.42 Å². The smallest absolute Gasteiger partial charge is 0.274 e. The molecule has 28 heavy (non-hydrogen) atoms. The monoisotopic (exact) mass is 389 g/mol. The molecule has 0 saturated carbocycles. The Bertz CT molecular complexity index is 757. The standard InChI is InChI=1S/C17H23N7O4/c18-8-14(25)23-6-7-24(17(28)12-9-19-4-5-20-12)13(10-23)16(27)22-11-2-1-3-21-15(11)26/h4-5,9,11,13H,1-3,6-8,10,18H2,(H,21,26)(H,22,27). The molecule has 0 aliphatic carbocycles. The predicted molar refractivity (Wildman–Crippen MR) is 96.7 cm³/mol. The van der Waals surface area contributed by atoms with Crippen LogP contribution >= 0.6 is 0 Å². The van der Waals surface area contributed by atoms with Gasteiger partial charge in [-0.05, 0) is 12.8 Å². The van der Waals surface area contributed by atoms with Crippen LogP contribution < -0.4 is 16.4 Å². The molecule has 2 unspecified atom stereocenters. The number of hydrogen-bond acceptors (Lipinski definition) is 7. The van der Waals surface area contributed by atoms with E-state index in [1.807, 2.05) is 0 Å². The van der Waals surface area contributed by atoms with Crippen LogP contribution in [0.4, 0.5) is 0 Å². The fourth-order valence-corrected chi connectivity index (χ4v) is 3.34. The number of nitrogens with zero attached hydrogens (tertiary/aromatic N) is 4. The molecule has 2 fully saturated rings. The van der Waals surface area contributed by atoms with Gasteiger partial charge >= 0.3 is 0 Å². The lowest BCUT2D eigenvalue weighted by Gasteiger charge is -2.40. The van der Waals surface area contributed by atoms with E-state index in [1.165, 1.54) is 28.4 Å². The van der Waals surface area contributed by atoms with Crippen LogP contribution in [0.3, 0.4) is 0 Å². The van der Waals surface area contributed by atoms with Gasteiger partial charge in [-0.25, -0.2) is 4.98 Å². The molecule has 4 amide bonds. The zero-order chi connectivity index (χ0) is 20.1. The second-order valence-corrected chi connectivity index (χ2v) is 6.64. The van der Waals surface area contributed by atoms with Crippen molar-refractivity contribution in [3.63, 3.8) is 0 Å². The van der Waals surface area contributed by atoms with E-state index in [0.29, 0.717) is 13.0 Å². The Morgan fingerprint density at radius 2 is 2.11 bits per heavy atom. The molecule has 3 heterocycles. The Hall–Kier alpha value is -3.08. The van der Waals surface area contributed by atoms with Crippen molar-refractivity contribution in [2.75, 3.05) is 32.7 Å². The number of rotatable bonds is 4. The summed E-state index contributed by atoms with van der Waals surface area (Å²) in [6.45, 7) is 0.802. The number of nitrogens with two attached hydrogens (primary N) is 1. The fraction of sp³-hybridized carbons (Fsp3) is 0.529. The molecule has 11 heteroatoms. The van der Waals surface area contributed by atoms with Gasteiger partial charge in [-0.3, -0.25) is 24.2 Å². The first kappa shape index (κ1) is 19.7. The summed E-state index contributed by atoms with van der Waals surface area (Å²) in [5, 5.41) is 5.40. The highest BCUT2D eigenvalue weighted by Gasteiger charge is 2.39. The summed E-state index contributed by atoms with van der Waals surface area (Å²) in [5.74, 6) is -1.51. The van der Waals surface area contributed by atoms with Crippen molar-refractivity contribution in [3.05, 3.63) is 24.3 Å². The third-order valence-corrected chi connectivity index (χ3v) is 4.86. The lowest BCUT2D eigenvalue weighted by Crippen LogP contribution is -2.64. The Morgan fingerprint density at radius 1 is 1.29 bits per heavy atom. The molecule has 4 N–H and O–H groups in total. The Labute approximate surface area is 161 Å². The largest absolute Gasteiger partial charge is 0.354 e. The van der Waals surface area contributed by atoms with Gasteiger partial charge < -0.3 is 26.2 Å². The van der Waals surface area contributed by atoms with Crippen LogP contribution in [0.15, 0.2) is 18.6 Å². The molecular formula is C17H23N7O4. The number of aromatic nitrogens is 2. The number of piperazine rings is 1. The third kappa shape index (κ3) is 4.25. The summed E-state index contributed by atoms with van der Waals surface area (Å²) in [6.07, 6.45) is 5.43. The summed E-state index contributed by atoms with van der Waals surface area (Å²) in [7, 11) is 0. The van der Waals surface area contributed by atoms with E-state index in [9.17, 15) is 19.2 Å². The summed E-state index contributed by atoms with van der Waals surface area (Å²) in [4.78, 5) is 60.4. The molecule has 2 aliphatic rings. The Morgan fingerprint density at radius 3 is 2.79 bits per heavy atom. The van der Waals surface area contributed by atoms with Crippen molar-refractivity contribution in [2.24, 2.45) is 5.73 Å². The number of carbonyl (C=O) groups is 4. The topological polar surface area (TPSA) is 151 Å². The maximum absolute atomic E-state index is 12.9. The fourth-order valence-electron chi connectivity index (χ4n) is 3.34. The molecule has 2 aliphatic heterocycles. The SMILES string of the molecule is NCC(=O)N1CCN(C(=O)c2cnccn2)C(C(=O)NC2CCCNC2=O)C1. The third-order valence-electron chi connectivity index (χ3n) is 4.86. The first-order valence-electron chi connectivity index (χ1n) is 9.14. The molecule has 0 radical (unpaired) electrons. The van der Waals surface area contributed by atoms with Gasteiger partial charge in [0.05, 0.1) is 19.3 Å². The van der Waals surface area contributed by atoms with Crippen LogP contribution in [0.25, 0.3) is 0 Å². The van der Waals surface area contributed by atoms with E-state index in [2.05, 4.69) is 20.6 Å². The lowest BCUT2D eigenvalue weighted by molar-refractivity contribution is -0.138. The van der Waals surface area contributed by atoms with Crippen LogP contribution in [0.2, 0.25) is 0 Å². The quantitative estimate of drug-likeness (QED) is 0.514. The average molecular weight is 389 g/mol. The summed E-state index contributed by atoms with van der Waals surface area (Å²) in [6, 6.07) is -1.61. The first-order valence-corrected chi connectivity index (χ1v) is 9.14. The molecule has 150 valence electrons. The highest BCUT2D eigenvalue weighted by Crippen LogP contribution is 2.15. The number of carbonyl (C=O) groups excluding carboxylic acids is 4. The van der Waals surface area contributed by atoms with Crippen LogP contribution in [-0.2, 0) is 14.4 Å². The predicted octanol–water partition coefficient (Wildman–Crippen LogP) is -2.52. The molecule has 3 rings (SSSR count). The number of nitrogens with one attached hydrogen (secondary N) is 2. The second-order valence-electron chi connectivity index (χ2n) is 6.64. The van der Waals surface area contributed by atoms with Crippen molar-refractivity contribution in [1.29, 1.82) is 0 Å². The van der Waals surface area contributed by atoms with Gasteiger partial charge in [0, 0.05) is 32.0 Å². The number of amides is 4. The molecule has 1 aromatic heterocycles. The Balaban J connectivity index is 1.79. The van der Waals surface area contributed by atoms with Crippen LogP contribution in [0.5, 0.6) is 0 Å². The zero-order valence-corrected chi connectivity index (χ0v) is 15.3. The zero-order valence-electron chi connectivity index (χ0n) is 15.3. The average Bonchev–Trinajstić information content (AvgIpc) is 2.74. The van der Waals surface area contributed by atoms with E-state index in [-0.39, 0.29) is 43.7 Å². The molecule has 2 atom stereocenters. The van der Waals surface area contributed by atoms with E-state index >= 15 is 0 Å². The van der Waals surface area contributed by atoms with Gasteiger partial charge in [-0.1, -0.05) is 0 Å². The van der Waals surface area contributed by atoms with Crippen molar-refractivity contribution in [3.8, 4) is 0 Å². The molecule has 0 spiro atoms. The van der Waals surface area contributed by atoms with Crippen molar-refractivity contribution in [1.82, 2.24) is 30.4 Å². The van der Waals surface area contributed by atoms with Crippen molar-refractivity contribution in [2.45, 2.75) is 24.9 Å². The molecule has 1 aromatic rings. The Kier molecular flexibility index (Phi) is 6.14. The summed E-state index contributed by atoms with van der Waals surface area (Å²) in [5.41, 5.74) is 5.54. The van der Waals surface area contributed by atoms with Crippen LogP contribution in [0.1, 0.15) is 23.3 Å². The van der Waals surface area contributed by atoms with Crippen LogP contribution in [-0.4, -0.2) is 88.2 Å². The maximum atomic E-state index is 12.9. The lowest BCUT2D eigenvalue weighted by atomic mass is 10.0. The molecule has 11 nitrogen and oxygen atoms in total. The number of hydrogen-bond donors (Lipinski definition) is 3. The second kappa shape index (κ2) is 8.74. The maximum Gasteiger partial charge on any atom is 0.274 e. The van der Waals surface area contributed by atoms with Gasteiger partial charge in [0.15, 0.2) is 0 Å². The summed E-state index contributed by atoms with van der Waals surface area (Å²) >= 11 is 0. The minimum atomic E-state index is -0.950. The van der Waals surface area contributed by atoms with Gasteiger partial charge in [0.2, 0.25) is 17.7 Å². The van der Waals surface area contributed by atoms with Crippen LogP contribution in [0, 0.1) is 0 Å². The van der Waals surface area contributed by atoms with E-state index < -0.39 is 23.9 Å². The minimum absolute atomic E-state index is 0.00219. The summed E-state index contributed by atoms with van der Waals surface area (Å²) < 4.78 is 0. The molecule has 0 bridgehead atoms. The van der Waals surface area contributed by atoms with E-state index in [4.69, 9.17) is 5.73 Å². The molecular weight excluding hydrogens is 366 g/mol. The van der Waals surface area contributed by atoms with Gasteiger partial charge in [-0.15, -0.1) is 0 Å². The first-order chi connectivity index (χ1) is 13.5. The normalized spacial score (nSPS) is 22.4. The van der Waals surface area contributed by atoms with Crippen molar-refractivity contribution >= 4 is 23.6 Å².